The van der Waals surface area contributed by atoms with E-state index in [0.717, 1.165) is 10.9 Å². The van der Waals surface area contributed by atoms with Gasteiger partial charge in [-0.25, -0.2) is 0 Å². The maximum Gasteiger partial charge on any atom is 0.0406 e. The Hall–Kier alpha value is -0.490. The standard InChI is InChI=1S/C11H12Cl/c1-8(9-2-3-9)10-4-6-11(12)7-5-10/h4-9H,1-3H2/t8-/m0/s1. The molecular formula is C11H12Cl. The molecule has 0 nitrogen and oxygen atoms in total. The summed E-state index contributed by atoms with van der Waals surface area (Å²) in [6, 6.07) is 8.05. The van der Waals surface area contributed by atoms with Crippen LogP contribution in [0.2, 0.25) is 5.02 Å². The van der Waals surface area contributed by atoms with Gasteiger partial charge >= 0.3 is 0 Å². The van der Waals surface area contributed by atoms with Crippen molar-refractivity contribution in [3.05, 3.63) is 41.8 Å². The van der Waals surface area contributed by atoms with E-state index in [-0.39, 0.29) is 0 Å². The summed E-state index contributed by atoms with van der Waals surface area (Å²) in [5.41, 5.74) is 1.32. The van der Waals surface area contributed by atoms with Crippen molar-refractivity contribution in [1.29, 1.82) is 0 Å². The van der Waals surface area contributed by atoms with Gasteiger partial charge in [0.1, 0.15) is 0 Å². The smallest absolute Gasteiger partial charge is 0.0406 e. The first kappa shape index (κ1) is 8.12. The molecule has 0 aliphatic heterocycles. The Morgan fingerprint density at radius 1 is 1.25 bits per heavy atom. The molecule has 0 N–H and O–H groups in total. The lowest BCUT2D eigenvalue weighted by Crippen LogP contribution is -1.94. The normalized spacial score (nSPS) is 19.2. The Morgan fingerprint density at radius 2 is 1.83 bits per heavy atom. The molecule has 1 aromatic rings. The Kier molecular flexibility index (Phi) is 2.10. The highest BCUT2D eigenvalue weighted by atomic mass is 35.5. The maximum absolute atomic E-state index is 5.79. The molecule has 1 aromatic carbocycles. The van der Waals surface area contributed by atoms with Gasteiger partial charge in [0.25, 0.3) is 0 Å². The first-order chi connectivity index (χ1) is 5.77. The summed E-state index contributed by atoms with van der Waals surface area (Å²) in [7, 11) is 0. The molecule has 1 heteroatoms. The Bertz CT molecular complexity index is 259. The van der Waals surface area contributed by atoms with Gasteiger partial charge in [-0.05, 0) is 49.3 Å². The molecule has 1 saturated carbocycles. The highest BCUT2D eigenvalue weighted by Crippen LogP contribution is 2.41. The van der Waals surface area contributed by atoms with Crippen LogP contribution in [0.5, 0.6) is 0 Å². The van der Waals surface area contributed by atoms with Crippen molar-refractivity contribution in [1.82, 2.24) is 0 Å². The molecule has 1 aliphatic carbocycles. The average molecular weight is 180 g/mol. The minimum absolute atomic E-state index is 0.474. The van der Waals surface area contributed by atoms with Crippen LogP contribution in [-0.4, -0.2) is 0 Å². The van der Waals surface area contributed by atoms with Crippen LogP contribution in [0, 0.1) is 12.8 Å². The molecule has 0 heterocycles. The maximum atomic E-state index is 5.79. The second kappa shape index (κ2) is 3.10. The summed E-state index contributed by atoms with van der Waals surface area (Å²) in [4.78, 5) is 0. The van der Waals surface area contributed by atoms with Crippen LogP contribution in [0.3, 0.4) is 0 Å². The van der Waals surface area contributed by atoms with Crippen molar-refractivity contribution < 1.29 is 0 Å². The van der Waals surface area contributed by atoms with Crippen molar-refractivity contribution in [3.63, 3.8) is 0 Å². The summed E-state index contributed by atoms with van der Waals surface area (Å²) in [5.74, 6) is 1.30. The number of hydrogen-bond donors (Lipinski definition) is 0. The number of rotatable bonds is 2. The van der Waals surface area contributed by atoms with E-state index in [4.69, 9.17) is 11.6 Å². The fraction of sp³-hybridized carbons (Fsp3) is 0.364. The van der Waals surface area contributed by atoms with Crippen molar-refractivity contribution >= 4 is 11.6 Å². The first-order valence-corrected chi connectivity index (χ1v) is 4.74. The molecular weight excluding hydrogens is 168 g/mol. The quantitative estimate of drug-likeness (QED) is 0.650. The molecule has 0 spiro atoms. The average Bonchev–Trinajstić information content (AvgIpc) is 2.87. The zero-order valence-corrected chi connectivity index (χ0v) is 7.72. The molecule has 1 aliphatic rings. The third-order valence-corrected chi connectivity index (χ3v) is 2.74. The summed E-state index contributed by atoms with van der Waals surface area (Å²) in [5, 5.41) is 0.807. The van der Waals surface area contributed by atoms with Crippen LogP contribution in [0.15, 0.2) is 24.3 Å². The van der Waals surface area contributed by atoms with E-state index in [0.29, 0.717) is 5.92 Å². The Labute approximate surface area is 78.6 Å². The molecule has 12 heavy (non-hydrogen) atoms. The summed E-state index contributed by atoms with van der Waals surface area (Å²) in [6.07, 6.45) is 2.69. The van der Waals surface area contributed by atoms with Gasteiger partial charge in [-0.15, -0.1) is 0 Å². The lowest BCUT2D eigenvalue weighted by molar-refractivity contribution is 0.724. The predicted octanol–water partition coefficient (Wildman–Crippen LogP) is 3.67. The monoisotopic (exact) mass is 179 g/mol. The van der Waals surface area contributed by atoms with Gasteiger partial charge in [0.2, 0.25) is 0 Å². The number of halogens is 1. The molecule has 1 fully saturated rings. The van der Waals surface area contributed by atoms with Crippen LogP contribution < -0.4 is 0 Å². The second-order valence-electron chi connectivity index (χ2n) is 3.50. The van der Waals surface area contributed by atoms with E-state index in [1.54, 1.807) is 0 Å². The van der Waals surface area contributed by atoms with Crippen molar-refractivity contribution in [2.75, 3.05) is 0 Å². The molecule has 0 bridgehead atoms. The molecule has 0 amide bonds. The van der Waals surface area contributed by atoms with Gasteiger partial charge in [0.15, 0.2) is 0 Å². The van der Waals surface area contributed by atoms with E-state index >= 15 is 0 Å². The summed E-state index contributed by atoms with van der Waals surface area (Å²) in [6.45, 7) is 4.16. The highest BCUT2D eigenvalue weighted by molar-refractivity contribution is 6.30. The van der Waals surface area contributed by atoms with Crippen LogP contribution >= 0.6 is 11.6 Å². The number of benzene rings is 1. The van der Waals surface area contributed by atoms with Crippen molar-refractivity contribution in [2.45, 2.75) is 18.8 Å². The fourth-order valence-electron chi connectivity index (χ4n) is 1.48. The minimum Gasteiger partial charge on any atom is -0.0843 e. The molecule has 0 unspecified atom stereocenters. The number of hydrogen-bond acceptors (Lipinski definition) is 0. The molecule has 1 atom stereocenters. The molecule has 1 radical (unpaired) electrons. The third-order valence-electron chi connectivity index (χ3n) is 2.49. The highest BCUT2D eigenvalue weighted by Gasteiger charge is 2.28. The molecule has 63 valence electrons. The Balaban J connectivity index is 2.16. The van der Waals surface area contributed by atoms with Gasteiger partial charge in [-0.1, -0.05) is 23.7 Å². The fourth-order valence-corrected chi connectivity index (χ4v) is 1.61. The van der Waals surface area contributed by atoms with E-state index in [1.807, 2.05) is 12.1 Å². The van der Waals surface area contributed by atoms with E-state index in [9.17, 15) is 0 Å². The van der Waals surface area contributed by atoms with E-state index in [2.05, 4.69) is 19.1 Å². The largest absolute Gasteiger partial charge is 0.0843 e. The Morgan fingerprint density at radius 3 is 2.33 bits per heavy atom. The van der Waals surface area contributed by atoms with Gasteiger partial charge in [0.05, 0.1) is 0 Å². The van der Waals surface area contributed by atoms with Crippen molar-refractivity contribution in [3.8, 4) is 0 Å². The zero-order valence-electron chi connectivity index (χ0n) is 6.96. The van der Waals surface area contributed by atoms with E-state index in [1.165, 1.54) is 18.4 Å². The van der Waals surface area contributed by atoms with E-state index < -0.39 is 0 Å². The summed E-state index contributed by atoms with van der Waals surface area (Å²) < 4.78 is 0. The first-order valence-electron chi connectivity index (χ1n) is 4.36. The lowest BCUT2D eigenvalue weighted by Gasteiger charge is -2.09. The van der Waals surface area contributed by atoms with Gasteiger partial charge in [0, 0.05) is 5.02 Å². The third kappa shape index (κ3) is 1.64. The molecule has 0 aromatic heterocycles. The second-order valence-corrected chi connectivity index (χ2v) is 3.93. The zero-order chi connectivity index (χ0) is 8.55. The van der Waals surface area contributed by atoms with Gasteiger partial charge in [-0.2, -0.15) is 0 Å². The van der Waals surface area contributed by atoms with Crippen molar-refractivity contribution in [2.24, 2.45) is 5.92 Å². The van der Waals surface area contributed by atoms with Gasteiger partial charge < -0.3 is 0 Å². The lowest BCUT2D eigenvalue weighted by atomic mass is 9.97. The van der Waals surface area contributed by atoms with Gasteiger partial charge in [-0.3, -0.25) is 0 Å². The van der Waals surface area contributed by atoms with Crippen LogP contribution in [0.1, 0.15) is 24.3 Å². The summed E-state index contributed by atoms with van der Waals surface area (Å²) >= 11 is 5.79. The van der Waals surface area contributed by atoms with Crippen LogP contribution in [-0.2, 0) is 0 Å². The van der Waals surface area contributed by atoms with Crippen LogP contribution in [0.4, 0.5) is 0 Å². The molecule has 0 saturated heterocycles. The minimum atomic E-state index is 0.474. The SMILES string of the molecule is [CH2][C@H](c1ccc(Cl)cc1)C1CC1. The topological polar surface area (TPSA) is 0 Å². The van der Waals surface area contributed by atoms with Crippen LogP contribution in [0.25, 0.3) is 0 Å². The molecule has 2 rings (SSSR count). The predicted molar refractivity (Wildman–Crippen MR) is 52.3 cm³/mol.